The van der Waals surface area contributed by atoms with Gasteiger partial charge in [0, 0.05) is 42.3 Å². The lowest BCUT2D eigenvalue weighted by Gasteiger charge is -2.28. The predicted molar refractivity (Wildman–Crippen MR) is 71.1 cm³/mol. The first-order valence-corrected chi connectivity index (χ1v) is 5.24. The molecule has 0 saturated heterocycles. The number of benzene rings is 1. The van der Waals surface area contributed by atoms with Crippen molar-refractivity contribution in [1.82, 2.24) is 0 Å². The Bertz CT molecular complexity index is 373. The van der Waals surface area contributed by atoms with Gasteiger partial charge in [0.15, 0.2) is 0 Å². The summed E-state index contributed by atoms with van der Waals surface area (Å²) >= 11 is 0. The summed E-state index contributed by atoms with van der Waals surface area (Å²) in [7, 11) is 11.8. The highest BCUT2D eigenvalue weighted by molar-refractivity contribution is 5.88. The van der Waals surface area contributed by atoms with Crippen LogP contribution in [-0.4, -0.2) is 47.4 Å². The van der Waals surface area contributed by atoms with Crippen molar-refractivity contribution < 1.29 is 5.11 Å². The Kier molecular flexibility index (Phi) is 3.52. The molecule has 0 aromatic heterocycles. The molecule has 1 aromatic carbocycles. The van der Waals surface area contributed by atoms with Crippen LogP contribution in [0.4, 0.5) is 17.1 Å². The van der Waals surface area contributed by atoms with E-state index in [-0.39, 0.29) is 0 Å². The molecule has 0 spiro atoms. The molecule has 0 saturated carbocycles. The number of aromatic hydroxyl groups is 1. The lowest BCUT2D eigenvalue weighted by Crippen LogP contribution is -2.21. The molecule has 1 rings (SSSR count). The Morgan fingerprint density at radius 1 is 0.750 bits per heavy atom. The number of nitrogens with zero attached hydrogens (tertiary/aromatic N) is 3. The zero-order valence-corrected chi connectivity index (χ0v) is 10.9. The molecule has 0 amide bonds. The molecule has 0 atom stereocenters. The largest absolute Gasteiger partial charge is 0.506 e. The van der Waals surface area contributed by atoms with Gasteiger partial charge in [-0.1, -0.05) is 0 Å². The van der Waals surface area contributed by atoms with Crippen LogP contribution in [-0.2, 0) is 0 Å². The standard InChI is InChI=1S/C12H21N3O/c1-13(2)9-7-8-10(16)12(15(5)6)11(9)14(3)4/h7-8,16H,1-6H3. The van der Waals surface area contributed by atoms with E-state index >= 15 is 0 Å². The van der Waals surface area contributed by atoms with Crippen molar-refractivity contribution in [1.29, 1.82) is 0 Å². The number of phenols is 1. The third kappa shape index (κ3) is 2.15. The number of hydrogen-bond donors (Lipinski definition) is 1. The van der Waals surface area contributed by atoms with Crippen LogP contribution in [0.2, 0.25) is 0 Å². The summed E-state index contributed by atoms with van der Waals surface area (Å²) in [5.74, 6) is 0.305. The summed E-state index contributed by atoms with van der Waals surface area (Å²) < 4.78 is 0. The highest BCUT2D eigenvalue weighted by Gasteiger charge is 2.17. The van der Waals surface area contributed by atoms with Gasteiger partial charge >= 0.3 is 0 Å². The fraction of sp³-hybridized carbons (Fsp3) is 0.500. The maximum Gasteiger partial charge on any atom is 0.141 e. The summed E-state index contributed by atoms with van der Waals surface area (Å²) in [6, 6.07) is 3.66. The maximum absolute atomic E-state index is 9.93. The Balaban J connectivity index is 3.50. The summed E-state index contributed by atoms with van der Waals surface area (Å²) in [5.41, 5.74) is 2.96. The van der Waals surface area contributed by atoms with Crippen LogP contribution < -0.4 is 14.7 Å². The first-order valence-electron chi connectivity index (χ1n) is 5.24. The van der Waals surface area contributed by atoms with Crippen molar-refractivity contribution in [3.8, 4) is 5.75 Å². The predicted octanol–water partition coefficient (Wildman–Crippen LogP) is 1.59. The Morgan fingerprint density at radius 3 is 1.62 bits per heavy atom. The number of anilines is 3. The summed E-state index contributed by atoms with van der Waals surface area (Å²) in [6.07, 6.45) is 0. The molecule has 1 aromatic rings. The molecule has 0 aliphatic rings. The van der Waals surface area contributed by atoms with Crippen molar-refractivity contribution >= 4 is 17.1 Å². The van der Waals surface area contributed by atoms with Crippen LogP contribution in [0.1, 0.15) is 0 Å². The summed E-state index contributed by atoms with van der Waals surface area (Å²) in [5, 5.41) is 9.93. The van der Waals surface area contributed by atoms with Crippen LogP contribution in [0, 0.1) is 0 Å². The minimum atomic E-state index is 0.305. The molecule has 90 valence electrons. The molecule has 0 aliphatic heterocycles. The van der Waals surface area contributed by atoms with E-state index in [2.05, 4.69) is 0 Å². The van der Waals surface area contributed by atoms with Crippen molar-refractivity contribution in [2.75, 3.05) is 57.0 Å². The third-order valence-corrected chi connectivity index (χ3v) is 2.48. The van der Waals surface area contributed by atoms with E-state index in [1.807, 2.05) is 63.1 Å². The van der Waals surface area contributed by atoms with Crippen molar-refractivity contribution in [3.63, 3.8) is 0 Å². The van der Waals surface area contributed by atoms with E-state index in [0.717, 1.165) is 17.1 Å². The van der Waals surface area contributed by atoms with E-state index in [4.69, 9.17) is 0 Å². The van der Waals surface area contributed by atoms with Gasteiger partial charge in [0.25, 0.3) is 0 Å². The molecular weight excluding hydrogens is 202 g/mol. The van der Waals surface area contributed by atoms with Crippen molar-refractivity contribution in [2.45, 2.75) is 0 Å². The SMILES string of the molecule is CN(C)c1ccc(O)c(N(C)C)c1N(C)C. The molecule has 0 heterocycles. The second-order valence-corrected chi connectivity index (χ2v) is 4.48. The molecule has 0 radical (unpaired) electrons. The smallest absolute Gasteiger partial charge is 0.141 e. The van der Waals surface area contributed by atoms with E-state index in [1.165, 1.54) is 0 Å². The normalized spacial score (nSPS) is 10.1. The lowest BCUT2D eigenvalue weighted by atomic mass is 10.1. The highest BCUT2D eigenvalue weighted by atomic mass is 16.3. The number of rotatable bonds is 3. The van der Waals surface area contributed by atoms with Crippen LogP contribution >= 0.6 is 0 Å². The van der Waals surface area contributed by atoms with Gasteiger partial charge in [-0.25, -0.2) is 0 Å². The van der Waals surface area contributed by atoms with Crippen LogP contribution in [0.3, 0.4) is 0 Å². The van der Waals surface area contributed by atoms with E-state index < -0.39 is 0 Å². The topological polar surface area (TPSA) is 30.0 Å². The average Bonchev–Trinajstić information content (AvgIpc) is 2.15. The second kappa shape index (κ2) is 4.51. The zero-order valence-electron chi connectivity index (χ0n) is 10.9. The molecule has 16 heavy (non-hydrogen) atoms. The van der Waals surface area contributed by atoms with E-state index in [9.17, 15) is 5.11 Å². The minimum absolute atomic E-state index is 0.305. The molecule has 0 fully saturated rings. The van der Waals surface area contributed by atoms with Gasteiger partial charge in [-0.2, -0.15) is 0 Å². The van der Waals surface area contributed by atoms with Crippen molar-refractivity contribution in [2.24, 2.45) is 0 Å². The van der Waals surface area contributed by atoms with Crippen LogP contribution in [0.25, 0.3) is 0 Å². The van der Waals surface area contributed by atoms with E-state index in [0.29, 0.717) is 5.75 Å². The molecule has 0 bridgehead atoms. The second-order valence-electron chi connectivity index (χ2n) is 4.48. The molecule has 1 N–H and O–H groups in total. The van der Waals surface area contributed by atoms with Crippen LogP contribution in [0.5, 0.6) is 5.75 Å². The monoisotopic (exact) mass is 223 g/mol. The minimum Gasteiger partial charge on any atom is -0.506 e. The molecule has 4 heteroatoms. The van der Waals surface area contributed by atoms with Gasteiger partial charge in [0.05, 0.1) is 11.4 Å². The Morgan fingerprint density at radius 2 is 1.25 bits per heavy atom. The highest BCUT2D eigenvalue weighted by Crippen LogP contribution is 2.42. The van der Waals surface area contributed by atoms with Gasteiger partial charge in [-0.3, -0.25) is 0 Å². The molecule has 0 unspecified atom stereocenters. The van der Waals surface area contributed by atoms with Crippen LogP contribution in [0.15, 0.2) is 12.1 Å². The van der Waals surface area contributed by atoms with Gasteiger partial charge < -0.3 is 19.8 Å². The van der Waals surface area contributed by atoms with Gasteiger partial charge in [0.1, 0.15) is 11.4 Å². The van der Waals surface area contributed by atoms with Gasteiger partial charge in [-0.05, 0) is 12.1 Å². The Hall–Kier alpha value is -1.58. The van der Waals surface area contributed by atoms with Gasteiger partial charge in [0.2, 0.25) is 0 Å². The number of phenolic OH excluding ortho intramolecular Hbond substituents is 1. The summed E-state index contributed by atoms with van der Waals surface area (Å²) in [4.78, 5) is 5.99. The molecule has 4 nitrogen and oxygen atoms in total. The molecular formula is C12H21N3O. The summed E-state index contributed by atoms with van der Waals surface area (Å²) in [6.45, 7) is 0. The van der Waals surface area contributed by atoms with Crippen molar-refractivity contribution in [3.05, 3.63) is 12.1 Å². The zero-order chi connectivity index (χ0) is 12.5. The molecule has 0 aliphatic carbocycles. The fourth-order valence-electron chi connectivity index (χ4n) is 1.80. The first-order chi connectivity index (χ1) is 7.36. The van der Waals surface area contributed by atoms with E-state index in [1.54, 1.807) is 6.07 Å². The Labute approximate surface area is 97.7 Å². The average molecular weight is 223 g/mol. The maximum atomic E-state index is 9.93. The quantitative estimate of drug-likeness (QED) is 0.843. The fourth-order valence-corrected chi connectivity index (χ4v) is 1.80. The van der Waals surface area contributed by atoms with Gasteiger partial charge in [-0.15, -0.1) is 0 Å². The third-order valence-electron chi connectivity index (χ3n) is 2.48. The number of hydrogen-bond acceptors (Lipinski definition) is 4. The lowest BCUT2D eigenvalue weighted by molar-refractivity contribution is 0.476. The first kappa shape index (κ1) is 12.5.